The fourth-order valence-corrected chi connectivity index (χ4v) is 1.31. The molecule has 0 saturated heterocycles. The lowest BCUT2D eigenvalue weighted by molar-refractivity contribution is -0.153. The molecule has 16 heavy (non-hydrogen) atoms. The van der Waals surface area contributed by atoms with Crippen LogP contribution in [0.25, 0.3) is 11.1 Å². The first-order valence-electron chi connectivity index (χ1n) is 4.20. The van der Waals surface area contributed by atoms with Crippen molar-refractivity contribution in [3.05, 3.63) is 23.5 Å². The van der Waals surface area contributed by atoms with Crippen LogP contribution in [0, 0.1) is 0 Å². The van der Waals surface area contributed by atoms with Gasteiger partial charge in [0.05, 0.1) is 0 Å². The lowest BCUT2D eigenvalue weighted by Gasteiger charge is -2.08. The third kappa shape index (κ3) is 2.57. The summed E-state index contributed by atoms with van der Waals surface area (Å²) in [5.74, 6) is 0.0534. The van der Waals surface area contributed by atoms with E-state index in [1.54, 1.807) is 0 Å². The molecule has 0 amide bonds. The molecule has 0 spiro atoms. The molecule has 86 valence electrons. The van der Waals surface area contributed by atoms with Crippen LogP contribution >= 0.6 is 11.6 Å². The number of hydrogen-bond acceptors (Lipinski definition) is 3. The van der Waals surface area contributed by atoms with Gasteiger partial charge in [-0.05, 0) is 23.7 Å². The molecular weight excluding hydrogens is 247 g/mol. The molecule has 1 aromatic heterocycles. The van der Waals surface area contributed by atoms with Gasteiger partial charge in [-0.15, -0.1) is 0 Å². The average Bonchev–Trinajstić information content (AvgIpc) is 2.52. The second-order valence-electron chi connectivity index (χ2n) is 3.00. The molecule has 2 rings (SSSR count). The van der Waals surface area contributed by atoms with Gasteiger partial charge in [0, 0.05) is 6.07 Å². The van der Waals surface area contributed by atoms with E-state index >= 15 is 0 Å². The predicted octanol–water partition coefficient (Wildman–Crippen LogP) is 3.42. The highest BCUT2D eigenvalue weighted by Crippen LogP contribution is 2.25. The molecule has 2 aromatic rings. The van der Waals surface area contributed by atoms with E-state index in [-0.39, 0.29) is 16.7 Å². The van der Waals surface area contributed by atoms with Crippen molar-refractivity contribution in [3.63, 3.8) is 0 Å². The van der Waals surface area contributed by atoms with Gasteiger partial charge in [0.2, 0.25) is 0 Å². The van der Waals surface area contributed by atoms with E-state index in [1.807, 2.05) is 0 Å². The highest BCUT2D eigenvalue weighted by molar-refractivity contribution is 6.28. The Morgan fingerprint density at radius 3 is 2.81 bits per heavy atom. The van der Waals surface area contributed by atoms with Crippen LogP contribution in [0.1, 0.15) is 0 Å². The minimum atomic E-state index is -4.37. The Morgan fingerprint density at radius 2 is 2.12 bits per heavy atom. The number of oxazole rings is 1. The van der Waals surface area contributed by atoms with Crippen molar-refractivity contribution in [3.8, 4) is 5.75 Å². The SMILES string of the molecule is FC(F)(F)COc1ccc2nc(Cl)oc2c1. The number of hydrogen-bond donors (Lipinski definition) is 0. The summed E-state index contributed by atoms with van der Waals surface area (Å²) in [5.41, 5.74) is 0.744. The van der Waals surface area contributed by atoms with Gasteiger partial charge in [0.1, 0.15) is 11.3 Å². The van der Waals surface area contributed by atoms with Gasteiger partial charge in [0.25, 0.3) is 5.35 Å². The van der Waals surface area contributed by atoms with Crippen molar-refractivity contribution >= 4 is 22.7 Å². The highest BCUT2D eigenvalue weighted by atomic mass is 35.5. The van der Waals surface area contributed by atoms with Gasteiger partial charge < -0.3 is 9.15 Å². The molecule has 0 aliphatic carbocycles. The van der Waals surface area contributed by atoms with Crippen LogP contribution in [0.2, 0.25) is 5.35 Å². The predicted molar refractivity (Wildman–Crippen MR) is 50.6 cm³/mol. The molecule has 0 fully saturated rings. The molecule has 1 heterocycles. The Hall–Kier alpha value is -1.43. The van der Waals surface area contributed by atoms with Gasteiger partial charge in [0.15, 0.2) is 12.2 Å². The zero-order chi connectivity index (χ0) is 11.8. The second-order valence-corrected chi connectivity index (χ2v) is 3.32. The van der Waals surface area contributed by atoms with E-state index in [9.17, 15) is 13.2 Å². The molecule has 1 aromatic carbocycles. The Morgan fingerprint density at radius 1 is 1.38 bits per heavy atom. The van der Waals surface area contributed by atoms with Gasteiger partial charge in [-0.3, -0.25) is 0 Å². The fourth-order valence-electron chi connectivity index (χ4n) is 1.13. The monoisotopic (exact) mass is 251 g/mol. The summed E-state index contributed by atoms with van der Waals surface area (Å²) in [6, 6.07) is 4.14. The van der Waals surface area contributed by atoms with E-state index in [1.165, 1.54) is 18.2 Å². The van der Waals surface area contributed by atoms with Gasteiger partial charge in [-0.2, -0.15) is 18.2 Å². The summed E-state index contributed by atoms with van der Waals surface area (Å²) in [5, 5.41) is -0.0667. The van der Waals surface area contributed by atoms with Crippen LogP contribution < -0.4 is 4.74 Å². The number of benzene rings is 1. The van der Waals surface area contributed by atoms with Crippen LogP contribution in [0.15, 0.2) is 22.6 Å². The van der Waals surface area contributed by atoms with Gasteiger partial charge in [-0.25, -0.2) is 0 Å². The van der Waals surface area contributed by atoms with Gasteiger partial charge >= 0.3 is 6.18 Å². The number of ether oxygens (including phenoxy) is 1. The van der Waals surface area contributed by atoms with E-state index < -0.39 is 12.8 Å². The van der Waals surface area contributed by atoms with E-state index in [4.69, 9.17) is 16.0 Å². The summed E-state index contributed by atoms with van der Waals surface area (Å²) in [7, 11) is 0. The molecule has 3 nitrogen and oxygen atoms in total. The average molecular weight is 252 g/mol. The van der Waals surface area contributed by atoms with Crippen LogP contribution in [0.5, 0.6) is 5.75 Å². The first-order chi connectivity index (χ1) is 7.44. The normalized spacial score (nSPS) is 12.0. The maximum Gasteiger partial charge on any atom is 0.422 e. The maximum absolute atomic E-state index is 11.9. The number of alkyl halides is 3. The Labute approximate surface area is 92.8 Å². The molecule has 0 saturated carbocycles. The zero-order valence-electron chi connectivity index (χ0n) is 7.71. The minimum Gasteiger partial charge on any atom is -0.484 e. The lowest BCUT2D eigenvalue weighted by Crippen LogP contribution is -2.19. The summed E-state index contributed by atoms with van der Waals surface area (Å²) in [6.07, 6.45) is -4.37. The number of aromatic nitrogens is 1. The lowest BCUT2D eigenvalue weighted by atomic mass is 10.3. The highest BCUT2D eigenvalue weighted by Gasteiger charge is 2.28. The topological polar surface area (TPSA) is 35.3 Å². The number of rotatable bonds is 2. The molecule has 7 heteroatoms. The van der Waals surface area contributed by atoms with Crippen molar-refractivity contribution in [2.75, 3.05) is 6.61 Å². The first-order valence-corrected chi connectivity index (χ1v) is 4.57. The van der Waals surface area contributed by atoms with Crippen molar-refractivity contribution in [2.24, 2.45) is 0 Å². The molecular formula is C9H5ClF3NO2. The van der Waals surface area contributed by atoms with Crippen LogP contribution in [-0.4, -0.2) is 17.8 Å². The summed E-state index contributed by atoms with van der Waals surface area (Å²) in [6.45, 7) is -1.35. The molecule has 0 aliphatic rings. The molecule has 0 unspecified atom stereocenters. The molecule has 0 radical (unpaired) electrons. The van der Waals surface area contributed by atoms with Crippen molar-refractivity contribution in [2.45, 2.75) is 6.18 Å². The number of nitrogens with zero attached hydrogens (tertiary/aromatic N) is 1. The van der Waals surface area contributed by atoms with Crippen molar-refractivity contribution < 1.29 is 22.3 Å². The van der Waals surface area contributed by atoms with Crippen LogP contribution in [-0.2, 0) is 0 Å². The fraction of sp³-hybridized carbons (Fsp3) is 0.222. The second kappa shape index (κ2) is 3.86. The largest absolute Gasteiger partial charge is 0.484 e. The number of fused-ring (bicyclic) bond motifs is 1. The Kier molecular flexibility index (Phi) is 2.67. The Bertz CT molecular complexity index is 509. The van der Waals surface area contributed by atoms with Crippen molar-refractivity contribution in [1.29, 1.82) is 0 Å². The van der Waals surface area contributed by atoms with E-state index in [0.717, 1.165) is 0 Å². The third-order valence-corrected chi connectivity index (χ3v) is 1.90. The third-order valence-electron chi connectivity index (χ3n) is 1.74. The minimum absolute atomic E-state index is 0.0534. The smallest absolute Gasteiger partial charge is 0.422 e. The van der Waals surface area contributed by atoms with Crippen molar-refractivity contribution in [1.82, 2.24) is 4.98 Å². The van der Waals surface area contributed by atoms with Crippen LogP contribution in [0.4, 0.5) is 13.2 Å². The molecule has 0 N–H and O–H groups in total. The summed E-state index contributed by atoms with van der Waals surface area (Å²) in [4.78, 5) is 3.78. The quantitative estimate of drug-likeness (QED) is 0.820. The first kappa shape index (κ1) is 11.1. The summed E-state index contributed by atoms with van der Waals surface area (Å²) >= 11 is 5.49. The van der Waals surface area contributed by atoms with Crippen LogP contribution in [0.3, 0.4) is 0 Å². The maximum atomic E-state index is 11.9. The standard InChI is InChI=1S/C9H5ClF3NO2/c10-8-14-6-2-1-5(3-7(6)16-8)15-4-9(11,12)13/h1-3H,4H2. The summed E-state index contributed by atoms with van der Waals surface area (Å²) < 4.78 is 45.1. The van der Waals surface area contributed by atoms with E-state index in [0.29, 0.717) is 5.52 Å². The van der Waals surface area contributed by atoms with Gasteiger partial charge in [-0.1, -0.05) is 0 Å². The molecule has 0 atom stereocenters. The van der Waals surface area contributed by atoms with E-state index in [2.05, 4.69) is 9.72 Å². The molecule has 0 bridgehead atoms. The Balaban J connectivity index is 2.19. The number of halogens is 4. The molecule has 0 aliphatic heterocycles. The zero-order valence-corrected chi connectivity index (χ0v) is 8.47.